The average molecular weight is 435 g/mol. The molecule has 1 saturated carbocycles. The molecule has 2 aromatic rings. The Hall–Kier alpha value is -3.06. The number of nitrogens with one attached hydrogen (secondary N) is 1. The SMILES string of the molecule is COc1cc2c(c(OC)c1)C(C=O)N=C(c1ccc(N3CCC(N(C)C4CC4)C3)cc1)N2. The van der Waals surface area contributed by atoms with Gasteiger partial charge in [0.05, 0.1) is 19.9 Å². The van der Waals surface area contributed by atoms with Crippen LogP contribution in [0, 0.1) is 0 Å². The smallest absolute Gasteiger partial charge is 0.149 e. The van der Waals surface area contributed by atoms with Crippen LogP contribution in [0.5, 0.6) is 11.5 Å². The average Bonchev–Trinajstić information content (AvgIpc) is 3.58. The second-order valence-corrected chi connectivity index (χ2v) is 8.81. The van der Waals surface area contributed by atoms with E-state index in [1.807, 2.05) is 6.07 Å². The maximum absolute atomic E-state index is 11.9. The van der Waals surface area contributed by atoms with Crippen molar-refractivity contribution in [2.45, 2.75) is 37.4 Å². The van der Waals surface area contributed by atoms with Gasteiger partial charge in [0, 0.05) is 54.1 Å². The predicted octanol–water partition coefficient (Wildman–Crippen LogP) is 3.49. The quantitative estimate of drug-likeness (QED) is 0.673. The molecule has 2 fully saturated rings. The summed E-state index contributed by atoms with van der Waals surface area (Å²) in [5.41, 5.74) is 3.68. The van der Waals surface area contributed by atoms with Gasteiger partial charge in [0.2, 0.25) is 0 Å². The zero-order valence-corrected chi connectivity index (χ0v) is 18.9. The number of benzene rings is 2. The highest BCUT2D eigenvalue weighted by atomic mass is 16.5. The highest BCUT2D eigenvalue weighted by molar-refractivity contribution is 6.11. The first-order valence-electron chi connectivity index (χ1n) is 11.2. The minimum Gasteiger partial charge on any atom is -0.497 e. The molecule has 3 aliphatic rings. The van der Waals surface area contributed by atoms with E-state index < -0.39 is 6.04 Å². The van der Waals surface area contributed by atoms with Crippen molar-refractivity contribution < 1.29 is 14.3 Å². The lowest BCUT2D eigenvalue weighted by atomic mass is 10.0. The molecule has 5 rings (SSSR count). The van der Waals surface area contributed by atoms with Crippen molar-refractivity contribution in [2.75, 3.05) is 44.6 Å². The van der Waals surface area contributed by atoms with Crippen molar-refractivity contribution in [2.24, 2.45) is 4.99 Å². The number of fused-ring (bicyclic) bond motifs is 1. The number of carbonyl (C=O) groups excluding carboxylic acids is 1. The first kappa shape index (κ1) is 20.8. The summed E-state index contributed by atoms with van der Waals surface area (Å²) >= 11 is 0. The van der Waals surface area contributed by atoms with Crippen LogP contribution in [0.4, 0.5) is 11.4 Å². The maximum Gasteiger partial charge on any atom is 0.149 e. The van der Waals surface area contributed by atoms with Gasteiger partial charge in [0.25, 0.3) is 0 Å². The van der Waals surface area contributed by atoms with Gasteiger partial charge in [-0.15, -0.1) is 0 Å². The lowest BCUT2D eigenvalue weighted by Crippen LogP contribution is -2.36. The Morgan fingerprint density at radius 2 is 1.88 bits per heavy atom. The summed E-state index contributed by atoms with van der Waals surface area (Å²) in [6.45, 7) is 2.16. The molecule has 2 heterocycles. The highest BCUT2D eigenvalue weighted by Gasteiger charge is 2.34. The van der Waals surface area contributed by atoms with Crippen molar-refractivity contribution in [3.8, 4) is 11.5 Å². The first-order valence-corrected chi connectivity index (χ1v) is 11.2. The minimum absolute atomic E-state index is 0.585. The first-order chi connectivity index (χ1) is 15.6. The molecule has 32 heavy (non-hydrogen) atoms. The van der Waals surface area contributed by atoms with Crippen LogP contribution < -0.4 is 19.7 Å². The Morgan fingerprint density at radius 1 is 1.09 bits per heavy atom. The number of hydrogen-bond donors (Lipinski definition) is 1. The number of likely N-dealkylation sites (N-methyl/N-ethyl adjacent to an activating group) is 1. The second kappa shape index (κ2) is 8.47. The monoisotopic (exact) mass is 434 g/mol. The molecule has 2 aromatic carbocycles. The molecule has 1 saturated heterocycles. The van der Waals surface area contributed by atoms with E-state index in [1.54, 1.807) is 20.3 Å². The van der Waals surface area contributed by atoms with Crippen LogP contribution in [0.15, 0.2) is 41.4 Å². The molecule has 0 amide bonds. The Balaban J connectivity index is 1.36. The van der Waals surface area contributed by atoms with Crippen LogP contribution >= 0.6 is 0 Å². The number of aliphatic imine (C=N–C) groups is 1. The van der Waals surface area contributed by atoms with E-state index in [2.05, 4.69) is 51.4 Å². The predicted molar refractivity (Wildman–Crippen MR) is 126 cm³/mol. The molecular formula is C25H30N4O3. The molecule has 1 N–H and O–H groups in total. The third-order valence-electron chi connectivity index (χ3n) is 6.89. The number of anilines is 2. The number of amidine groups is 1. The molecule has 2 aliphatic heterocycles. The van der Waals surface area contributed by atoms with E-state index in [9.17, 15) is 4.79 Å². The lowest BCUT2D eigenvalue weighted by Gasteiger charge is -2.26. The Morgan fingerprint density at radius 3 is 2.53 bits per heavy atom. The molecule has 0 aromatic heterocycles. The molecule has 168 valence electrons. The van der Waals surface area contributed by atoms with E-state index in [-0.39, 0.29) is 0 Å². The molecule has 0 bridgehead atoms. The van der Waals surface area contributed by atoms with E-state index >= 15 is 0 Å². The van der Waals surface area contributed by atoms with Crippen LogP contribution in [0.25, 0.3) is 0 Å². The summed E-state index contributed by atoms with van der Waals surface area (Å²) in [5.74, 6) is 1.92. The molecule has 2 unspecified atom stereocenters. The van der Waals surface area contributed by atoms with Gasteiger partial charge in [-0.25, -0.2) is 0 Å². The fraction of sp³-hybridized carbons (Fsp3) is 0.440. The molecule has 7 nitrogen and oxygen atoms in total. The Bertz CT molecular complexity index is 1030. The van der Waals surface area contributed by atoms with E-state index in [4.69, 9.17) is 9.47 Å². The fourth-order valence-electron chi connectivity index (χ4n) is 4.82. The van der Waals surface area contributed by atoms with Crippen LogP contribution in [-0.4, -0.2) is 63.5 Å². The van der Waals surface area contributed by atoms with Crippen LogP contribution in [-0.2, 0) is 4.79 Å². The summed E-state index contributed by atoms with van der Waals surface area (Å²) < 4.78 is 10.9. The Kier molecular flexibility index (Phi) is 5.51. The molecule has 2 atom stereocenters. The number of aldehydes is 1. The third kappa shape index (κ3) is 3.81. The zero-order chi connectivity index (χ0) is 22.2. The van der Waals surface area contributed by atoms with Crippen LogP contribution in [0.2, 0.25) is 0 Å². The van der Waals surface area contributed by atoms with Crippen molar-refractivity contribution in [3.05, 3.63) is 47.5 Å². The van der Waals surface area contributed by atoms with Gasteiger partial charge in [0.15, 0.2) is 0 Å². The van der Waals surface area contributed by atoms with Crippen molar-refractivity contribution in [1.29, 1.82) is 0 Å². The van der Waals surface area contributed by atoms with Gasteiger partial charge in [-0.2, -0.15) is 0 Å². The van der Waals surface area contributed by atoms with Crippen molar-refractivity contribution in [1.82, 2.24) is 4.90 Å². The number of hydrogen-bond acceptors (Lipinski definition) is 7. The Labute approximate surface area is 189 Å². The number of rotatable bonds is 7. The molecule has 0 radical (unpaired) electrons. The number of nitrogens with zero attached hydrogens (tertiary/aromatic N) is 3. The number of methoxy groups -OCH3 is 2. The van der Waals surface area contributed by atoms with Gasteiger partial charge in [-0.3, -0.25) is 9.89 Å². The molecular weight excluding hydrogens is 404 g/mol. The van der Waals surface area contributed by atoms with Crippen LogP contribution in [0.1, 0.15) is 36.4 Å². The largest absolute Gasteiger partial charge is 0.497 e. The molecule has 0 spiro atoms. The maximum atomic E-state index is 11.9. The third-order valence-corrected chi connectivity index (χ3v) is 6.89. The molecule has 1 aliphatic carbocycles. The zero-order valence-electron chi connectivity index (χ0n) is 18.9. The minimum atomic E-state index is -0.626. The highest BCUT2D eigenvalue weighted by Crippen LogP contribution is 2.40. The summed E-state index contributed by atoms with van der Waals surface area (Å²) in [4.78, 5) is 21.5. The molecule has 7 heteroatoms. The second-order valence-electron chi connectivity index (χ2n) is 8.81. The van der Waals surface area contributed by atoms with Gasteiger partial charge >= 0.3 is 0 Å². The normalized spacial score (nSPS) is 22.2. The summed E-state index contributed by atoms with van der Waals surface area (Å²) in [6, 6.07) is 12.9. The van der Waals surface area contributed by atoms with E-state index in [0.29, 0.717) is 23.4 Å². The fourth-order valence-corrected chi connectivity index (χ4v) is 4.82. The van der Waals surface area contributed by atoms with Crippen molar-refractivity contribution in [3.63, 3.8) is 0 Å². The van der Waals surface area contributed by atoms with Gasteiger partial charge in [-0.05, 0) is 50.6 Å². The van der Waals surface area contributed by atoms with Gasteiger partial charge in [0.1, 0.15) is 29.7 Å². The number of ether oxygens (including phenoxy) is 2. The van der Waals surface area contributed by atoms with Crippen molar-refractivity contribution >= 4 is 23.5 Å². The van der Waals surface area contributed by atoms with Crippen LogP contribution in [0.3, 0.4) is 0 Å². The standard InChI is InChI=1S/C25H30N4O3/c1-28(17-8-9-17)19-10-11-29(14-19)18-6-4-16(5-7-18)25-26-21-12-20(31-2)13-23(32-3)24(21)22(15-30)27-25/h4-7,12-13,15,17,19,22H,8-11,14H2,1-3H3,(H,26,27). The van der Waals surface area contributed by atoms with Gasteiger partial charge < -0.3 is 24.5 Å². The topological polar surface area (TPSA) is 66.4 Å². The van der Waals surface area contributed by atoms with E-state index in [1.165, 1.54) is 24.9 Å². The lowest BCUT2D eigenvalue weighted by molar-refractivity contribution is -0.108. The summed E-state index contributed by atoms with van der Waals surface area (Å²) in [6.07, 6.45) is 4.76. The number of carbonyl (C=O) groups is 1. The summed E-state index contributed by atoms with van der Waals surface area (Å²) in [7, 11) is 5.47. The van der Waals surface area contributed by atoms with E-state index in [0.717, 1.165) is 42.2 Å². The summed E-state index contributed by atoms with van der Waals surface area (Å²) in [5, 5.41) is 3.37. The van der Waals surface area contributed by atoms with Gasteiger partial charge in [-0.1, -0.05) is 0 Å².